The molecule has 50 heavy (non-hydrogen) atoms. The summed E-state index contributed by atoms with van der Waals surface area (Å²) in [4.78, 5) is 49.3. The lowest BCUT2D eigenvalue weighted by atomic mass is 10.0. The van der Waals surface area contributed by atoms with Crippen LogP contribution >= 0.6 is 0 Å². The van der Waals surface area contributed by atoms with Gasteiger partial charge in [-0.25, -0.2) is 32.8 Å². The highest BCUT2D eigenvalue weighted by Crippen LogP contribution is 2.33. The van der Waals surface area contributed by atoms with Crippen LogP contribution in [0.15, 0.2) is 59.6 Å². The summed E-state index contributed by atoms with van der Waals surface area (Å²) in [7, 11) is -3.52. The van der Waals surface area contributed by atoms with Crippen LogP contribution < -0.4 is 10.2 Å². The first-order chi connectivity index (χ1) is 22.9. The van der Waals surface area contributed by atoms with E-state index in [1.54, 1.807) is 113 Å². The first-order valence-corrected chi connectivity index (χ1v) is 17.7. The number of imide groups is 1. The molecule has 1 atom stereocenters. The average molecular weight is 713 g/mol. The predicted molar refractivity (Wildman–Crippen MR) is 189 cm³/mol. The molecule has 1 unspecified atom stereocenters. The summed E-state index contributed by atoms with van der Waals surface area (Å²) >= 11 is 0. The molecule has 13 nitrogen and oxygen atoms in total. The Morgan fingerprint density at radius 3 is 1.72 bits per heavy atom. The molecule has 2 N–H and O–H groups in total. The van der Waals surface area contributed by atoms with Gasteiger partial charge in [0.2, 0.25) is 0 Å². The highest BCUT2D eigenvalue weighted by molar-refractivity contribution is 7.92. The number of anilines is 1. The van der Waals surface area contributed by atoms with Gasteiger partial charge in [0, 0.05) is 11.1 Å². The van der Waals surface area contributed by atoms with Crippen molar-refractivity contribution in [2.45, 2.75) is 109 Å². The Morgan fingerprint density at radius 1 is 0.780 bits per heavy atom. The average Bonchev–Trinajstić information content (AvgIpc) is 2.97. The van der Waals surface area contributed by atoms with Crippen LogP contribution in [0, 0.1) is 0 Å². The van der Waals surface area contributed by atoms with Gasteiger partial charge in [-0.1, -0.05) is 36.4 Å². The van der Waals surface area contributed by atoms with Gasteiger partial charge in [-0.15, -0.1) is 0 Å². The van der Waals surface area contributed by atoms with Gasteiger partial charge < -0.3 is 24.6 Å². The third-order valence-electron chi connectivity index (χ3n) is 6.62. The van der Waals surface area contributed by atoms with Crippen LogP contribution in [0.1, 0.15) is 87.8 Å². The molecule has 0 bridgehead atoms. The van der Waals surface area contributed by atoms with Gasteiger partial charge in [0.15, 0.2) is 15.7 Å². The minimum atomic E-state index is -3.52. The van der Waals surface area contributed by atoms with E-state index in [1.165, 1.54) is 18.3 Å². The Hall–Kier alpha value is -4.56. The molecule has 272 valence electrons. The number of aromatic nitrogens is 2. The number of aliphatic hydroxyl groups excluding tert-OH is 1. The molecule has 2 aromatic carbocycles. The molecule has 0 aliphatic heterocycles. The summed E-state index contributed by atoms with van der Waals surface area (Å²) in [5.41, 5.74) is -0.876. The zero-order valence-corrected chi connectivity index (χ0v) is 31.3. The lowest BCUT2D eigenvalue weighted by molar-refractivity contribution is 0.0425. The van der Waals surface area contributed by atoms with Crippen molar-refractivity contribution in [1.82, 2.24) is 15.3 Å². The second kappa shape index (κ2) is 15.1. The fraction of sp³-hybridized carbons (Fsp3) is 0.472. The maximum atomic E-state index is 13.6. The van der Waals surface area contributed by atoms with Crippen LogP contribution in [0.25, 0.3) is 22.5 Å². The fourth-order valence-electron chi connectivity index (χ4n) is 4.30. The van der Waals surface area contributed by atoms with Gasteiger partial charge in [-0.2, -0.15) is 4.90 Å². The van der Waals surface area contributed by atoms with E-state index in [9.17, 15) is 27.9 Å². The number of aliphatic hydroxyl groups is 1. The minimum absolute atomic E-state index is 0.0889. The maximum absolute atomic E-state index is 13.6. The van der Waals surface area contributed by atoms with Crippen LogP contribution in [0.5, 0.6) is 0 Å². The number of nitrogens with one attached hydrogen (secondary N) is 1. The molecule has 3 aromatic rings. The maximum Gasteiger partial charge on any atom is 0.425 e. The second-order valence-corrected chi connectivity index (χ2v) is 17.4. The number of benzene rings is 2. The molecular formula is C36H48N4O9S. The monoisotopic (exact) mass is 712 g/mol. The summed E-state index contributed by atoms with van der Waals surface area (Å²) < 4.78 is 41.8. The summed E-state index contributed by atoms with van der Waals surface area (Å²) in [5, 5.41) is 12.7. The van der Waals surface area contributed by atoms with E-state index in [2.05, 4.69) is 10.3 Å². The number of sulfone groups is 1. The zero-order valence-electron chi connectivity index (χ0n) is 30.5. The molecule has 0 saturated heterocycles. The summed E-state index contributed by atoms with van der Waals surface area (Å²) in [5.74, 6) is -0.184. The van der Waals surface area contributed by atoms with E-state index in [4.69, 9.17) is 19.2 Å². The number of amides is 3. The first kappa shape index (κ1) is 39.9. The van der Waals surface area contributed by atoms with Crippen LogP contribution in [-0.4, -0.2) is 70.4 Å². The molecule has 3 amide bonds. The zero-order chi connectivity index (χ0) is 37.8. The third kappa shape index (κ3) is 11.0. The standard InChI is InChI=1S/C36H48N4O9S/c1-22(2)50(45,46)26-18-16-23(17-19-26)27-20-37-30(40(32(43)48-35(6,7)8)33(44)49-36(9,10)11)29(39-27)25-14-12-24(13-15-25)28(41)21-38-31(42)47-34(3,4)5/h12-20,22,28,41H,21H2,1-11H3,(H,38,42). The Bertz CT molecular complexity index is 1760. The molecule has 0 aliphatic carbocycles. The highest BCUT2D eigenvalue weighted by Gasteiger charge is 2.36. The van der Waals surface area contributed by atoms with Crippen molar-refractivity contribution in [3.8, 4) is 22.5 Å². The molecule has 1 heterocycles. The lowest BCUT2D eigenvalue weighted by Gasteiger charge is -2.28. The number of alkyl carbamates (subject to hydrolysis) is 1. The normalized spacial score (nSPS) is 13.0. The number of hydrogen-bond donors (Lipinski definition) is 2. The number of rotatable bonds is 8. The first-order valence-electron chi connectivity index (χ1n) is 16.1. The molecule has 3 rings (SSSR count). The molecular weight excluding hydrogens is 664 g/mol. The van der Waals surface area contributed by atoms with E-state index < -0.39 is 56.3 Å². The van der Waals surface area contributed by atoms with Gasteiger partial charge in [0.05, 0.1) is 34.7 Å². The van der Waals surface area contributed by atoms with Gasteiger partial charge in [0.1, 0.15) is 22.5 Å². The Labute approximate surface area is 294 Å². The van der Waals surface area contributed by atoms with E-state index in [0.29, 0.717) is 27.3 Å². The smallest absolute Gasteiger partial charge is 0.425 e. The molecule has 0 radical (unpaired) electrons. The summed E-state index contributed by atoms with van der Waals surface area (Å²) in [6, 6.07) is 12.6. The molecule has 1 aromatic heterocycles. The molecule has 0 saturated carbocycles. The van der Waals surface area contributed by atoms with Crippen molar-refractivity contribution in [1.29, 1.82) is 0 Å². The van der Waals surface area contributed by atoms with Gasteiger partial charge >= 0.3 is 18.3 Å². The van der Waals surface area contributed by atoms with Crippen molar-refractivity contribution < 1.29 is 42.1 Å². The largest absolute Gasteiger partial charge is 0.444 e. The number of carbonyl (C=O) groups excluding carboxylic acids is 3. The third-order valence-corrected chi connectivity index (χ3v) is 8.79. The van der Waals surface area contributed by atoms with Gasteiger partial charge in [-0.3, -0.25) is 0 Å². The SMILES string of the molecule is CC(C)S(=O)(=O)c1ccc(-c2cnc(N(C(=O)OC(C)(C)C)C(=O)OC(C)(C)C)c(-c3ccc(C(O)CNC(=O)OC(C)(C)C)cc3)n2)cc1. The van der Waals surface area contributed by atoms with E-state index >= 15 is 0 Å². The molecule has 0 aliphatic rings. The Balaban J connectivity index is 2.14. The summed E-state index contributed by atoms with van der Waals surface area (Å²) in [6.07, 6.45) is -2.50. The van der Waals surface area contributed by atoms with Gasteiger partial charge in [-0.05, 0) is 93.9 Å². The molecule has 0 fully saturated rings. The van der Waals surface area contributed by atoms with Gasteiger partial charge in [0.25, 0.3) is 0 Å². The van der Waals surface area contributed by atoms with Crippen molar-refractivity contribution in [2.24, 2.45) is 0 Å². The lowest BCUT2D eigenvalue weighted by Crippen LogP contribution is -2.44. The Morgan fingerprint density at radius 2 is 1.26 bits per heavy atom. The Kier molecular flexibility index (Phi) is 12.1. The highest BCUT2D eigenvalue weighted by atomic mass is 32.2. The van der Waals surface area contributed by atoms with E-state index in [0.717, 1.165) is 0 Å². The van der Waals surface area contributed by atoms with Crippen LogP contribution in [0.2, 0.25) is 0 Å². The summed E-state index contributed by atoms with van der Waals surface area (Å²) in [6.45, 7) is 18.2. The quantitative estimate of drug-likeness (QED) is 0.226. The van der Waals surface area contributed by atoms with E-state index in [1.807, 2.05) is 0 Å². The molecule has 14 heteroatoms. The van der Waals surface area contributed by atoms with Crippen molar-refractivity contribution in [3.63, 3.8) is 0 Å². The van der Waals surface area contributed by atoms with Crippen LogP contribution in [0.4, 0.5) is 20.2 Å². The predicted octanol–water partition coefficient (Wildman–Crippen LogP) is 7.23. The van der Waals surface area contributed by atoms with Crippen LogP contribution in [-0.2, 0) is 24.0 Å². The fourth-order valence-corrected chi connectivity index (χ4v) is 5.36. The van der Waals surface area contributed by atoms with E-state index in [-0.39, 0.29) is 23.0 Å². The minimum Gasteiger partial charge on any atom is -0.444 e. The second-order valence-electron chi connectivity index (χ2n) is 14.9. The van der Waals surface area contributed by atoms with Crippen molar-refractivity contribution in [3.05, 3.63) is 60.3 Å². The van der Waals surface area contributed by atoms with Crippen LogP contribution in [0.3, 0.4) is 0 Å². The van der Waals surface area contributed by atoms with Crippen molar-refractivity contribution in [2.75, 3.05) is 11.4 Å². The molecule has 0 spiro atoms. The number of hydrogen-bond acceptors (Lipinski definition) is 11. The number of ether oxygens (including phenoxy) is 3. The topological polar surface area (TPSA) is 174 Å². The number of carbonyl (C=O) groups is 3. The van der Waals surface area contributed by atoms with Crippen molar-refractivity contribution >= 4 is 33.9 Å². The number of nitrogens with zero attached hydrogens (tertiary/aromatic N) is 3.